The molecule has 0 radical (unpaired) electrons. The van der Waals surface area contributed by atoms with Gasteiger partial charge in [0.15, 0.2) is 11.6 Å². The molecular formula is C26H26ClFN2O4S. The van der Waals surface area contributed by atoms with Gasteiger partial charge in [-0.05, 0) is 80.1 Å². The van der Waals surface area contributed by atoms with Crippen LogP contribution in [0.5, 0.6) is 5.75 Å². The first-order valence-electron chi connectivity index (χ1n) is 11.8. The molecule has 1 aliphatic carbocycles. The van der Waals surface area contributed by atoms with Crippen molar-refractivity contribution in [3.05, 3.63) is 63.7 Å². The molecule has 2 atom stereocenters. The number of aliphatic hydroxyl groups is 1. The summed E-state index contributed by atoms with van der Waals surface area (Å²) < 4.78 is 21.0. The Kier molecular flexibility index (Phi) is 7.07. The molecule has 2 fully saturated rings. The van der Waals surface area contributed by atoms with Crippen molar-refractivity contribution in [2.75, 3.05) is 19.6 Å². The highest BCUT2D eigenvalue weighted by atomic mass is 35.5. The molecule has 1 aromatic heterocycles. The molecule has 2 heterocycles. The second-order valence-electron chi connectivity index (χ2n) is 9.16. The van der Waals surface area contributed by atoms with E-state index in [9.17, 15) is 19.1 Å². The van der Waals surface area contributed by atoms with E-state index in [0.717, 1.165) is 48.9 Å². The van der Waals surface area contributed by atoms with Crippen LogP contribution in [0.2, 0.25) is 5.02 Å². The number of benzene rings is 2. The number of Topliss-reactive ketones (excluding diaryl/α,β-unsaturated/α-hetero) is 1. The number of thiophene rings is 1. The second-order valence-corrected chi connectivity index (χ2v) is 10.7. The van der Waals surface area contributed by atoms with Gasteiger partial charge in [-0.1, -0.05) is 23.7 Å². The van der Waals surface area contributed by atoms with Gasteiger partial charge in [0.05, 0.1) is 17.0 Å². The van der Waals surface area contributed by atoms with Crippen LogP contribution in [0, 0.1) is 5.82 Å². The fourth-order valence-corrected chi connectivity index (χ4v) is 5.60. The van der Waals surface area contributed by atoms with Crippen LogP contribution in [0.3, 0.4) is 0 Å². The van der Waals surface area contributed by atoms with Gasteiger partial charge in [0.1, 0.15) is 6.10 Å². The van der Waals surface area contributed by atoms with Crippen molar-refractivity contribution in [1.29, 1.82) is 0 Å². The maximum atomic E-state index is 14.6. The molecular weight excluding hydrogens is 491 g/mol. The number of ether oxygens (including phenoxy) is 1. The molecule has 35 heavy (non-hydrogen) atoms. The van der Waals surface area contributed by atoms with Gasteiger partial charge >= 0.3 is 0 Å². The summed E-state index contributed by atoms with van der Waals surface area (Å²) in [4.78, 5) is 28.3. The minimum Gasteiger partial charge on any atom is -0.487 e. The molecule has 2 aliphatic rings. The van der Waals surface area contributed by atoms with E-state index in [1.54, 1.807) is 30.3 Å². The number of nitrogens with zero attached hydrogens (tertiary/aromatic N) is 1. The Labute approximate surface area is 211 Å². The molecule has 1 amide bonds. The molecule has 3 aromatic rings. The summed E-state index contributed by atoms with van der Waals surface area (Å²) in [5.41, 5.74) is 0.319. The highest BCUT2D eigenvalue weighted by Gasteiger charge is 2.31. The first-order valence-corrected chi connectivity index (χ1v) is 13.0. The first-order chi connectivity index (χ1) is 16.9. The van der Waals surface area contributed by atoms with Gasteiger partial charge in [-0.15, -0.1) is 11.3 Å². The number of amides is 1. The fourth-order valence-electron chi connectivity index (χ4n) is 4.32. The lowest BCUT2D eigenvalue weighted by molar-refractivity contribution is -0.118. The van der Waals surface area contributed by atoms with Crippen molar-refractivity contribution >= 4 is 44.7 Å². The normalized spacial score (nSPS) is 17.9. The fraction of sp³-hybridized carbons (Fsp3) is 0.385. The molecule has 5 rings (SSSR count). The van der Waals surface area contributed by atoms with Gasteiger partial charge in [-0.25, -0.2) is 4.39 Å². The molecule has 1 saturated carbocycles. The summed E-state index contributed by atoms with van der Waals surface area (Å²) in [5, 5.41) is 15.2. The number of ketones is 1. The van der Waals surface area contributed by atoms with Crippen molar-refractivity contribution < 1.29 is 23.8 Å². The zero-order valence-electron chi connectivity index (χ0n) is 19.0. The van der Waals surface area contributed by atoms with Gasteiger partial charge < -0.3 is 20.1 Å². The number of hydrogen-bond donors (Lipinski definition) is 2. The number of hydrogen-bond acceptors (Lipinski definition) is 6. The number of rotatable bonds is 9. The lowest BCUT2D eigenvalue weighted by Gasteiger charge is -2.28. The summed E-state index contributed by atoms with van der Waals surface area (Å²) >= 11 is 7.23. The third-order valence-electron chi connectivity index (χ3n) is 6.38. The minimum atomic E-state index is -1.20. The van der Waals surface area contributed by atoms with Crippen molar-refractivity contribution in [3.63, 3.8) is 0 Å². The van der Waals surface area contributed by atoms with Crippen LogP contribution in [-0.4, -0.2) is 53.5 Å². The van der Waals surface area contributed by atoms with Crippen LogP contribution in [-0.2, 0) is 4.79 Å². The summed E-state index contributed by atoms with van der Waals surface area (Å²) in [7, 11) is 0. The van der Waals surface area contributed by atoms with Crippen molar-refractivity contribution in [1.82, 2.24) is 10.2 Å². The predicted molar refractivity (Wildman–Crippen MR) is 134 cm³/mol. The first kappa shape index (κ1) is 24.2. The van der Waals surface area contributed by atoms with Gasteiger partial charge in [0.25, 0.3) is 11.7 Å². The zero-order chi connectivity index (χ0) is 24.5. The molecule has 0 unspecified atom stereocenters. The van der Waals surface area contributed by atoms with Gasteiger partial charge in [-0.2, -0.15) is 0 Å². The van der Waals surface area contributed by atoms with E-state index in [-0.39, 0.29) is 11.9 Å². The van der Waals surface area contributed by atoms with E-state index in [2.05, 4.69) is 10.2 Å². The highest BCUT2D eigenvalue weighted by Crippen LogP contribution is 2.31. The average molecular weight is 517 g/mol. The Morgan fingerprint density at radius 3 is 2.66 bits per heavy atom. The Hall–Kier alpha value is -2.52. The minimum absolute atomic E-state index is 0.0541. The van der Waals surface area contributed by atoms with E-state index < -0.39 is 29.7 Å². The van der Waals surface area contributed by atoms with Crippen LogP contribution in [0.25, 0.3) is 10.1 Å². The Morgan fingerprint density at radius 2 is 1.94 bits per heavy atom. The summed E-state index contributed by atoms with van der Waals surface area (Å²) in [6.07, 6.45) is 2.74. The molecule has 6 nitrogen and oxygen atoms in total. The van der Waals surface area contributed by atoms with Crippen molar-refractivity contribution in [3.8, 4) is 5.75 Å². The molecule has 2 aromatic carbocycles. The molecule has 184 valence electrons. The number of aliphatic hydroxyl groups excluding tert-OH is 1. The number of carbonyl (C=O) groups excluding carboxylic acids is 2. The summed E-state index contributed by atoms with van der Waals surface area (Å²) in [6, 6.07) is 10.5. The molecule has 1 saturated heterocycles. The second kappa shape index (κ2) is 10.2. The number of halogens is 2. The lowest BCUT2D eigenvalue weighted by atomic mass is 10.0. The molecule has 2 N–H and O–H groups in total. The Morgan fingerprint density at radius 1 is 1.17 bits per heavy atom. The van der Waals surface area contributed by atoms with Crippen LogP contribution in [0.15, 0.2) is 42.5 Å². The average Bonchev–Trinajstić information content (AvgIpc) is 3.32. The van der Waals surface area contributed by atoms with E-state index in [1.165, 1.54) is 23.5 Å². The van der Waals surface area contributed by atoms with Crippen LogP contribution >= 0.6 is 22.9 Å². The monoisotopic (exact) mass is 516 g/mol. The van der Waals surface area contributed by atoms with E-state index in [0.29, 0.717) is 22.0 Å². The van der Waals surface area contributed by atoms with Gasteiger partial charge in [-0.3, -0.25) is 9.59 Å². The van der Waals surface area contributed by atoms with Crippen LogP contribution < -0.4 is 10.1 Å². The predicted octanol–water partition coefficient (Wildman–Crippen LogP) is 4.73. The Bertz CT molecular complexity index is 1260. The molecule has 0 bridgehead atoms. The maximum absolute atomic E-state index is 14.6. The van der Waals surface area contributed by atoms with Crippen LogP contribution in [0.4, 0.5) is 4.39 Å². The molecule has 1 aliphatic heterocycles. The standard InChI is InChI=1S/C26H26ClFN2O4S/c27-17-5-3-15-12-23(35-22(15)13-17)25(32)26(33)29-20(14-30-9-1-2-10-30)24(31)16-4-8-21(19(28)11-16)34-18-6-7-18/h3-5,8,11-13,18,20,24,31H,1-2,6-7,9-10,14H2,(H,29,33)/t20-,24-/m1/s1. The Balaban J connectivity index is 1.34. The number of likely N-dealkylation sites (tertiary alicyclic amines) is 1. The smallest absolute Gasteiger partial charge is 0.293 e. The highest BCUT2D eigenvalue weighted by molar-refractivity contribution is 7.21. The van der Waals surface area contributed by atoms with Crippen molar-refractivity contribution in [2.45, 2.75) is 43.9 Å². The molecule has 9 heteroatoms. The maximum Gasteiger partial charge on any atom is 0.293 e. The third-order valence-corrected chi connectivity index (χ3v) is 7.71. The van der Waals surface area contributed by atoms with E-state index >= 15 is 0 Å². The van der Waals surface area contributed by atoms with E-state index in [4.69, 9.17) is 16.3 Å². The number of carbonyl (C=O) groups is 2. The molecule has 0 spiro atoms. The third kappa shape index (κ3) is 5.67. The summed E-state index contributed by atoms with van der Waals surface area (Å²) in [5.74, 6) is -1.89. The quantitative estimate of drug-likeness (QED) is 0.317. The largest absolute Gasteiger partial charge is 0.487 e. The number of nitrogens with one attached hydrogen (secondary N) is 1. The SMILES string of the molecule is O=C(N[C@H](CN1CCCC1)[C@H](O)c1ccc(OC2CC2)c(F)c1)C(=O)c1cc2ccc(Cl)cc2s1. The zero-order valence-corrected chi connectivity index (χ0v) is 20.6. The van der Waals surface area contributed by atoms with Crippen molar-refractivity contribution in [2.24, 2.45) is 0 Å². The van der Waals surface area contributed by atoms with Crippen LogP contribution in [0.1, 0.15) is 47.0 Å². The van der Waals surface area contributed by atoms with E-state index in [1.807, 2.05) is 0 Å². The number of fused-ring (bicyclic) bond motifs is 1. The van der Waals surface area contributed by atoms with Gasteiger partial charge in [0, 0.05) is 16.3 Å². The van der Waals surface area contributed by atoms with Gasteiger partial charge in [0.2, 0.25) is 0 Å². The lowest BCUT2D eigenvalue weighted by Crippen LogP contribution is -2.48. The summed E-state index contributed by atoms with van der Waals surface area (Å²) in [6.45, 7) is 2.03. The topological polar surface area (TPSA) is 78.9 Å².